The normalized spacial score (nSPS) is 16.4. The number of Topliss-reactive ketones (excluding diaryl/α,β-unsaturated/α-hetero) is 1. The molecular weight excluding hydrogens is 380 g/mol. The predicted octanol–water partition coefficient (Wildman–Crippen LogP) is 3.08. The lowest BCUT2D eigenvalue weighted by Gasteiger charge is -2.28. The Balaban J connectivity index is 1.80. The number of carbonyl (C=O) groups is 1. The summed E-state index contributed by atoms with van der Waals surface area (Å²) in [6.07, 6.45) is 1.64. The smallest absolute Gasteiger partial charge is 0.258 e. The number of hydrogen-bond acceptors (Lipinski definition) is 6. The van der Waals surface area contributed by atoms with Gasteiger partial charge >= 0.3 is 0 Å². The highest BCUT2D eigenvalue weighted by Crippen LogP contribution is 2.49. The van der Waals surface area contributed by atoms with Gasteiger partial charge in [0.1, 0.15) is 18.2 Å². The van der Waals surface area contributed by atoms with Crippen LogP contribution in [0.2, 0.25) is 0 Å². The van der Waals surface area contributed by atoms with E-state index in [1.165, 1.54) is 0 Å². The van der Waals surface area contributed by atoms with Gasteiger partial charge in [-0.1, -0.05) is 55.1 Å². The van der Waals surface area contributed by atoms with Crippen LogP contribution in [0.15, 0.2) is 71.6 Å². The lowest BCUT2D eigenvalue weighted by Crippen LogP contribution is -2.29. The molecule has 4 N–H and O–H groups in total. The Bertz CT molecular complexity index is 1310. The third-order valence-corrected chi connectivity index (χ3v) is 5.34. The average Bonchev–Trinajstić information content (AvgIpc) is 3.03. The van der Waals surface area contributed by atoms with Gasteiger partial charge in [0, 0.05) is 22.3 Å². The number of aromatic amines is 1. The molecule has 1 atom stereocenters. The number of anilines is 2. The maximum atomic E-state index is 13.4. The van der Waals surface area contributed by atoms with Crippen LogP contribution in [0.5, 0.6) is 5.75 Å². The predicted molar refractivity (Wildman–Crippen MR) is 115 cm³/mol. The molecule has 1 aliphatic heterocycles. The monoisotopic (exact) mass is 398 g/mol. The number of fused-ring (bicyclic) bond motifs is 3. The fraction of sp³-hybridized carbons (Fsp3) is 0.0870. The number of aromatic nitrogens is 2. The first-order chi connectivity index (χ1) is 14.6. The Morgan fingerprint density at radius 1 is 1.10 bits per heavy atom. The van der Waals surface area contributed by atoms with Gasteiger partial charge in [0.25, 0.3) is 5.56 Å². The summed E-state index contributed by atoms with van der Waals surface area (Å²) in [6, 6.07) is 14.7. The van der Waals surface area contributed by atoms with Crippen molar-refractivity contribution in [3.8, 4) is 5.75 Å². The average molecular weight is 398 g/mol. The summed E-state index contributed by atoms with van der Waals surface area (Å²) in [5.41, 5.74) is 8.93. The minimum atomic E-state index is -0.658. The zero-order valence-corrected chi connectivity index (χ0v) is 15.9. The largest absolute Gasteiger partial charge is 0.489 e. The molecule has 0 spiro atoms. The van der Waals surface area contributed by atoms with E-state index in [1.54, 1.807) is 12.1 Å². The van der Waals surface area contributed by atoms with Crippen molar-refractivity contribution in [1.29, 1.82) is 0 Å². The van der Waals surface area contributed by atoms with E-state index >= 15 is 0 Å². The van der Waals surface area contributed by atoms with E-state index in [4.69, 9.17) is 10.5 Å². The van der Waals surface area contributed by atoms with Gasteiger partial charge < -0.3 is 15.8 Å². The number of ketones is 1. The maximum absolute atomic E-state index is 13.4. The summed E-state index contributed by atoms with van der Waals surface area (Å²) in [5, 5.41) is 3.18. The molecular formula is C23H18N4O3. The molecule has 0 saturated carbocycles. The van der Waals surface area contributed by atoms with E-state index in [1.807, 2.05) is 42.5 Å². The number of nitrogens with zero attached hydrogens (tertiary/aromatic N) is 1. The molecule has 0 radical (unpaired) electrons. The van der Waals surface area contributed by atoms with Crippen LogP contribution in [-0.2, 0) is 0 Å². The lowest BCUT2D eigenvalue weighted by atomic mass is 9.81. The minimum absolute atomic E-state index is 0.00264. The third-order valence-electron chi connectivity index (χ3n) is 5.34. The molecule has 148 valence electrons. The molecule has 7 heteroatoms. The van der Waals surface area contributed by atoms with Gasteiger partial charge in [-0.15, -0.1) is 0 Å². The summed E-state index contributed by atoms with van der Waals surface area (Å²) in [6.45, 7) is 3.99. The molecule has 1 aliphatic carbocycles. The number of allylic oxidation sites excluding steroid dienone is 1. The summed E-state index contributed by atoms with van der Waals surface area (Å²) < 4.78 is 5.85. The highest BCUT2D eigenvalue weighted by Gasteiger charge is 2.42. The molecule has 3 aromatic rings. The van der Waals surface area contributed by atoms with Crippen molar-refractivity contribution in [3.05, 3.63) is 99.4 Å². The first kappa shape index (κ1) is 17.9. The van der Waals surface area contributed by atoms with Crippen molar-refractivity contribution < 1.29 is 9.53 Å². The molecule has 30 heavy (non-hydrogen) atoms. The molecule has 0 fully saturated rings. The van der Waals surface area contributed by atoms with Gasteiger partial charge in [-0.25, -0.2) is 0 Å². The van der Waals surface area contributed by atoms with Crippen LogP contribution < -0.4 is 21.3 Å². The van der Waals surface area contributed by atoms with Crippen molar-refractivity contribution in [2.45, 2.75) is 5.92 Å². The van der Waals surface area contributed by atoms with Gasteiger partial charge in [0.05, 0.1) is 17.2 Å². The van der Waals surface area contributed by atoms with E-state index in [2.05, 4.69) is 21.9 Å². The van der Waals surface area contributed by atoms with Crippen molar-refractivity contribution in [1.82, 2.24) is 9.97 Å². The van der Waals surface area contributed by atoms with Crippen molar-refractivity contribution in [2.24, 2.45) is 0 Å². The quantitative estimate of drug-likeness (QED) is 0.583. The van der Waals surface area contributed by atoms with Gasteiger partial charge in [-0.3, -0.25) is 14.6 Å². The molecule has 2 aromatic carbocycles. The fourth-order valence-corrected chi connectivity index (χ4v) is 4.15. The molecule has 0 saturated heterocycles. The van der Waals surface area contributed by atoms with Crippen LogP contribution >= 0.6 is 0 Å². The summed E-state index contributed by atoms with van der Waals surface area (Å²) >= 11 is 0. The van der Waals surface area contributed by atoms with E-state index < -0.39 is 11.5 Å². The van der Waals surface area contributed by atoms with Gasteiger partial charge in [-0.2, -0.15) is 4.98 Å². The summed E-state index contributed by atoms with van der Waals surface area (Å²) in [5.74, 6) is 0.125. The van der Waals surface area contributed by atoms with Crippen LogP contribution in [0.4, 0.5) is 11.8 Å². The number of para-hydroxylation sites is 1. The van der Waals surface area contributed by atoms with Crippen molar-refractivity contribution >= 4 is 23.2 Å². The second kappa shape index (κ2) is 6.73. The summed E-state index contributed by atoms with van der Waals surface area (Å²) in [4.78, 5) is 33.2. The first-order valence-corrected chi connectivity index (χ1v) is 9.47. The molecule has 0 amide bonds. The number of nitrogens with one attached hydrogen (secondary N) is 2. The maximum Gasteiger partial charge on any atom is 0.258 e. The van der Waals surface area contributed by atoms with Crippen molar-refractivity contribution in [3.63, 3.8) is 0 Å². The topological polar surface area (TPSA) is 110 Å². The second-order valence-electron chi connectivity index (χ2n) is 7.07. The highest BCUT2D eigenvalue weighted by atomic mass is 16.5. The van der Waals surface area contributed by atoms with Gasteiger partial charge in [-0.05, 0) is 6.07 Å². The Hall–Kier alpha value is -4.13. The first-order valence-electron chi connectivity index (χ1n) is 9.47. The molecule has 7 nitrogen and oxygen atoms in total. The number of ether oxygens (including phenoxy) is 1. The Morgan fingerprint density at radius 3 is 2.63 bits per heavy atom. The Labute approximate surface area is 171 Å². The van der Waals surface area contributed by atoms with E-state index in [0.717, 1.165) is 5.56 Å². The van der Waals surface area contributed by atoms with Crippen LogP contribution in [-0.4, -0.2) is 22.4 Å². The van der Waals surface area contributed by atoms with E-state index in [-0.39, 0.29) is 11.7 Å². The molecule has 2 heterocycles. The fourth-order valence-electron chi connectivity index (χ4n) is 4.15. The highest BCUT2D eigenvalue weighted by molar-refractivity contribution is 6.23. The molecule has 1 aromatic heterocycles. The van der Waals surface area contributed by atoms with Crippen LogP contribution in [0, 0.1) is 0 Å². The molecule has 5 rings (SSSR count). The number of H-pyrrole nitrogens is 1. The van der Waals surface area contributed by atoms with E-state index in [0.29, 0.717) is 46.1 Å². The Kier molecular flexibility index (Phi) is 4.03. The SMILES string of the molecule is C=CCOc1ccccc1[C@@H]1C2=C(Nc3nc(N)[nH]c(=O)c31)c1ccccc1C2=O. The van der Waals surface area contributed by atoms with Gasteiger partial charge in [0.15, 0.2) is 5.78 Å². The lowest BCUT2D eigenvalue weighted by molar-refractivity contribution is 0.103. The minimum Gasteiger partial charge on any atom is -0.489 e. The molecule has 0 bridgehead atoms. The van der Waals surface area contributed by atoms with Crippen LogP contribution in [0.1, 0.15) is 33.0 Å². The molecule has 0 unspecified atom stereocenters. The zero-order chi connectivity index (χ0) is 20.8. The zero-order valence-electron chi connectivity index (χ0n) is 15.9. The molecule has 2 aliphatic rings. The number of carbonyl (C=O) groups excluding carboxylic acids is 1. The number of nitrogen functional groups attached to an aromatic ring is 1. The van der Waals surface area contributed by atoms with Gasteiger partial charge in [0.2, 0.25) is 5.95 Å². The summed E-state index contributed by atoms with van der Waals surface area (Å²) in [7, 11) is 0. The standard InChI is InChI=1S/C23H18N4O3/c1-2-11-30-15-10-6-5-9-14(15)16-17-19(12-7-3-4-8-13(12)20(17)28)25-21-18(16)22(29)27-23(24)26-21/h2-10,16H,1,11H2,(H4,24,25,26,27,29)/t16-/m1/s1. The number of nitrogens with two attached hydrogens (primary N) is 1. The number of hydrogen-bond donors (Lipinski definition) is 3. The van der Waals surface area contributed by atoms with Crippen LogP contribution in [0.25, 0.3) is 5.70 Å². The van der Waals surface area contributed by atoms with Crippen LogP contribution in [0.3, 0.4) is 0 Å². The number of benzene rings is 2. The third kappa shape index (κ3) is 2.56. The Morgan fingerprint density at radius 2 is 1.83 bits per heavy atom. The number of rotatable bonds is 4. The van der Waals surface area contributed by atoms with Crippen molar-refractivity contribution in [2.75, 3.05) is 17.7 Å². The van der Waals surface area contributed by atoms with E-state index in [9.17, 15) is 9.59 Å². The second-order valence-corrected chi connectivity index (χ2v) is 7.07.